The minimum atomic E-state index is -3.93. The molecule has 3 nitrogen and oxygen atoms in total. The van der Waals surface area contributed by atoms with Gasteiger partial charge in [-0.3, -0.25) is 4.72 Å². The first-order valence-corrected chi connectivity index (χ1v) is 8.36. The first kappa shape index (κ1) is 15.5. The van der Waals surface area contributed by atoms with Gasteiger partial charge in [0.15, 0.2) is 0 Å². The molecular weight excluding hydrogens is 289 g/mol. The number of hydrogen-bond acceptors (Lipinski definition) is 2. The second-order valence-corrected chi connectivity index (χ2v) is 6.35. The van der Waals surface area contributed by atoms with E-state index in [9.17, 15) is 12.8 Å². The highest BCUT2D eigenvalue weighted by molar-refractivity contribution is 7.92. The van der Waals surface area contributed by atoms with E-state index in [4.69, 9.17) is 0 Å². The van der Waals surface area contributed by atoms with Crippen LogP contribution in [-0.4, -0.2) is 8.42 Å². The molecule has 2 rings (SSSR count). The van der Waals surface area contributed by atoms with Crippen LogP contribution in [0.2, 0.25) is 0 Å². The van der Waals surface area contributed by atoms with Crippen molar-refractivity contribution < 1.29 is 12.8 Å². The highest BCUT2D eigenvalue weighted by Gasteiger charge is 2.20. The molecule has 0 unspecified atom stereocenters. The lowest BCUT2D eigenvalue weighted by atomic mass is 10.0. The molecular formula is C16H18FNO2S. The first-order chi connectivity index (χ1) is 9.99. The number of sulfonamides is 1. The SMILES string of the molecule is CCc1cccc(CC)c1NS(=O)(=O)c1ccccc1F. The van der Waals surface area contributed by atoms with E-state index >= 15 is 0 Å². The molecule has 0 spiro atoms. The monoisotopic (exact) mass is 307 g/mol. The molecule has 0 aliphatic carbocycles. The van der Waals surface area contributed by atoms with E-state index in [1.807, 2.05) is 32.0 Å². The van der Waals surface area contributed by atoms with Crippen molar-refractivity contribution in [3.05, 3.63) is 59.4 Å². The van der Waals surface area contributed by atoms with Crippen LogP contribution in [0.5, 0.6) is 0 Å². The van der Waals surface area contributed by atoms with Crippen LogP contribution in [0.15, 0.2) is 47.4 Å². The summed E-state index contributed by atoms with van der Waals surface area (Å²) in [6.45, 7) is 3.91. The van der Waals surface area contributed by atoms with Gasteiger partial charge in [0.25, 0.3) is 10.0 Å². The maximum absolute atomic E-state index is 13.7. The summed E-state index contributed by atoms with van der Waals surface area (Å²) in [5.74, 6) is -0.753. The van der Waals surface area contributed by atoms with E-state index in [1.165, 1.54) is 18.2 Å². The van der Waals surface area contributed by atoms with Crippen LogP contribution in [0.25, 0.3) is 0 Å². The van der Waals surface area contributed by atoms with Crippen LogP contribution >= 0.6 is 0 Å². The Labute approximate surface area is 124 Å². The van der Waals surface area contributed by atoms with E-state index in [0.717, 1.165) is 17.2 Å². The Morgan fingerprint density at radius 1 is 0.952 bits per heavy atom. The predicted octanol–water partition coefficient (Wildman–Crippen LogP) is 3.75. The zero-order chi connectivity index (χ0) is 15.5. The second kappa shape index (κ2) is 6.26. The summed E-state index contributed by atoms with van der Waals surface area (Å²) in [6, 6.07) is 11.0. The van der Waals surface area contributed by atoms with Crippen molar-refractivity contribution >= 4 is 15.7 Å². The van der Waals surface area contributed by atoms with Gasteiger partial charge in [-0.2, -0.15) is 0 Å². The maximum atomic E-state index is 13.7. The molecule has 2 aromatic carbocycles. The number of hydrogen-bond donors (Lipinski definition) is 1. The molecule has 21 heavy (non-hydrogen) atoms. The van der Waals surface area contributed by atoms with Crippen molar-refractivity contribution in [1.82, 2.24) is 0 Å². The smallest absolute Gasteiger partial charge is 0.264 e. The van der Waals surface area contributed by atoms with Gasteiger partial charge >= 0.3 is 0 Å². The third-order valence-electron chi connectivity index (χ3n) is 3.36. The molecule has 0 saturated heterocycles. The minimum absolute atomic E-state index is 0.335. The van der Waals surface area contributed by atoms with Crippen LogP contribution in [0.4, 0.5) is 10.1 Å². The Kier molecular flexibility index (Phi) is 4.63. The number of aryl methyl sites for hydroxylation is 2. The average Bonchev–Trinajstić information content (AvgIpc) is 2.47. The maximum Gasteiger partial charge on any atom is 0.264 e. The molecule has 1 N–H and O–H groups in total. The number of para-hydroxylation sites is 1. The normalized spacial score (nSPS) is 11.4. The molecule has 5 heteroatoms. The quantitative estimate of drug-likeness (QED) is 0.914. The average molecular weight is 307 g/mol. The number of benzene rings is 2. The molecule has 0 aliphatic heterocycles. The summed E-state index contributed by atoms with van der Waals surface area (Å²) in [5, 5.41) is 0. The summed E-state index contributed by atoms with van der Waals surface area (Å²) in [7, 11) is -3.93. The van der Waals surface area contributed by atoms with Crippen LogP contribution in [0.1, 0.15) is 25.0 Å². The molecule has 112 valence electrons. The summed E-state index contributed by atoms with van der Waals surface area (Å²) in [5.41, 5.74) is 2.36. The Morgan fingerprint density at radius 3 is 2.05 bits per heavy atom. The van der Waals surface area contributed by atoms with E-state index in [-0.39, 0.29) is 4.90 Å². The van der Waals surface area contributed by atoms with Gasteiger partial charge in [-0.25, -0.2) is 12.8 Å². The van der Waals surface area contributed by atoms with Gasteiger partial charge in [-0.15, -0.1) is 0 Å². The van der Waals surface area contributed by atoms with Crippen LogP contribution in [-0.2, 0) is 22.9 Å². The van der Waals surface area contributed by atoms with Crippen LogP contribution in [0.3, 0.4) is 0 Å². The molecule has 0 atom stereocenters. The molecule has 0 saturated carbocycles. The topological polar surface area (TPSA) is 46.2 Å². The number of nitrogens with one attached hydrogen (secondary N) is 1. The summed E-state index contributed by atoms with van der Waals surface area (Å²) in [4.78, 5) is -0.335. The second-order valence-electron chi connectivity index (χ2n) is 4.69. The van der Waals surface area contributed by atoms with Crippen molar-refractivity contribution in [3.8, 4) is 0 Å². The van der Waals surface area contributed by atoms with Gasteiger partial charge in [-0.05, 0) is 36.1 Å². The summed E-state index contributed by atoms with van der Waals surface area (Å²) < 4.78 is 41.1. The zero-order valence-electron chi connectivity index (χ0n) is 12.1. The zero-order valence-corrected chi connectivity index (χ0v) is 12.9. The fourth-order valence-corrected chi connectivity index (χ4v) is 3.45. The van der Waals surface area contributed by atoms with Gasteiger partial charge in [0.1, 0.15) is 10.7 Å². The van der Waals surface area contributed by atoms with E-state index < -0.39 is 15.8 Å². The Hall–Kier alpha value is -1.88. The molecule has 0 bridgehead atoms. The van der Waals surface area contributed by atoms with Crippen molar-refractivity contribution in [1.29, 1.82) is 0 Å². The Balaban J connectivity index is 2.49. The van der Waals surface area contributed by atoms with E-state index in [1.54, 1.807) is 0 Å². The Bertz CT molecular complexity index is 719. The fraction of sp³-hybridized carbons (Fsp3) is 0.250. The largest absolute Gasteiger partial charge is 0.279 e. The standard InChI is InChI=1S/C16H18FNO2S/c1-3-12-8-7-9-13(4-2)16(12)18-21(19,20)15-11-6-5-10-14(15)17/h5-11,18H,3-4H2,1-2H3. The predicted molar refractivity (Wildman–Crippen MR) is 82.4 cm³/mol. The highest BCUT2D eigenvalue weighted by atomic mass is 32.2. The Morgan fingerprint density at radius 2 is 1.52 bits per heavy atom. The number of halogens is 1. The van der Waals surface area contributed by atoms with Gasteiger partial charge in [-0.1, -0.05) is 44.2 Å². The van der Waals surface area contributed by atoms with Gasteiger partial charge in [0, 0.05) is 0 Å². The molecule has 0 aliphatic rings. The third kappa shape index (κ3) is 3.24. The molecule has 0 fully saturated rings. The van der Waals surface area contributed by atoms with Crippen molar-refractivity contribution in [2.75, 3.05) is 4.72 Å². The highest BCUT2D eigenvalue weighted by Crippen LogP contribution is 2.26. The number of rotatable bonds is 5. The molecule has 0 heterocycles. The lowest BCUT2D eigenvalue weighted by molar-refractivity contribution is 0.570. The lowest BCUT2D eigenvalue weighted by Gasteiger charge is -2.16. The summed E-state index contributed by atoms with van der Waals surface area (Å²) >= 11 is 0. The van der Waals surface area contributed by atoms with Crippen LogP contribution < -0.4 is 4.72 Å². The van der Waals surface area contributed by atoms with Crippen molar-refractivity contribution in [2.45, 2.75) is 31.6 Å². The molecule has 0 aromatic heterocycles. The van der Waals surface area contributed by atoms with Crippen LogP contribution in [0, 0.1) is 5.82 Å². The minimum Gasteiger partial charge on any atom is -0.279 e. The number of anilines is 1. The molecule has 0 radical (unpaired) electrons. The van der Waals surface area contributed by atoms with Gasteiger partial charge in [0.05, 0.1) is 5.69 Å². The summed E-state index contributed by atoms with van der Waals surface area (Å²) in [6.07, 6.45) is 1.39. The van der Waals surface area contributed by atoms with E-state index in [0.29, 0.717) is 18.5 Å². The van der Waals surface area contributed by atoms with Crippen molar-refractivity contribution in [3.63, 3.8) is 0 Å². The lowest BCUT2D eigenvalue weighted by Crippen LogP contribution is -2.17. The van der Waals surface area contributed by atoms with Gasteiger partial charge < -0.3 is 0 Å². The van der Waals surface area contributed by atoms with Crippen molar-refractivity contribution in [2.24, 2.45) is 0 Å². The van der Waals surface area contributed by atoms with Gasteiger partial charge in [0.2, 0.25) is 0 Å². The third-order valence-corrected chi connectivity index (χ3v) is 4.74. The molecule has 2 aromatic rings. The first-order valence-electron chi connectivity index (χ1n) is 6.87. The fourth-order valence-electron chi connectivity index (χ4n) is 2.23. The van der Waals surface area contributed by atoms with E-state index in [2.05, 4.69) is 4.72 Å². The molecule has 0 amide bonds.